The van der Waals surface area contributed by atoms with Crippen LogP contribution in [0.25, 0.3) is 21.5 Å². The fourth-order valence-electron chi connectivity index (χ4n) is 6.53. The highest BCUT2D eigenvalue weighted by atomic mass is 33.1. The number of unbranched alkanes of at least 4 members (excludes halogenated alkanes) is 2. The van der Waals surface area contributed by atoms with Gasteiger partial charge in [-0.1, -0.05) is 72.5 Å². The van der Waals surface area contributed by atoms with Crippen molar-refractivity contribution in [2.45, 2.75) is 39.5 Å². The van der Waals surface area contributed by atoms with Gasteiger partial charge in [-0.25, -0.2) is 10.0 Å². The number of nitroso groups, excluding NO2 is 2. The number of rotatable bonds is 17. The van der Waals surface area contributed by atoms with Crippen LogP contribution in [-0.4, -0.2) is 71.1 Å². The van der Waals surface area contributed by atoms with Crippen LogP contribution in [0.3, 0.4) is 0 Å². The Balaban J connectivity index is 1.10. The van der Waals surface area contributed by atoms with E-state index in [0.29, 0.717) is 79.8 Å². The number of benzene rings is 4. The van der Waals surface area contributed by atoms with E-state index < -0.39 is 0 Å². The molecule has 0 spiro atoms. The molecule has 0 N–H and O–H groups in total. The van der Waals surface area contributed by atoms with Gasteiger partial charge < -0.3 is 0 Å². The quantitative estimate of drug-likeness (QED) is 0.0350. The molecule has 0 atom stereocenters. The van der Waals surface area contributed by atoms with Gasteiger partial charge in [-0.3, -0.25) is 29.0 Å². The summed E-state index contributed by atoms with van der Waals surface area (Å²) in [7, 11) is 3.00. The second kappa shape index (κ2) is 15.4. The first-order chi connectivity index (χ1) is 24.4. The van der Waals surface area contributed by atoms with Crippen LogP contribution >= 0.6 is 21.6 Å². The smallest absolute Gasteiger partial charge is 0.261 e. The van der Waals surface area contributed by atoms with Gasteiger partial charge in [0.1, 0.15) is 0 Å². The van der Waals surface area contributed by atoms with Crippen molar-refractivity contribution in [3.8, 4) is 0 Å². The van der Waals surface area contributed by atoms with E-state index in [4.69, 9.17) is 0 Å². The van der Waals surface area contributed by atoms with Gasteiger partial charge in [0.15, 0.2) is 0 Å². The van der Waals surface area contributed by atoms with Gasteiger partial charge in [0.05, 0.1) is 35.0 Å². The third-order valence-electron chi connectivity index (χ3n) is 9.02. The van der Waals surface area contributed by atoms with Gasteiger partial charge in [-0.05, 0) is 49.2 Å². The molecule has 0 aromatic heterocycles. The average molecular weight is 713 g/mol. The number of anilines is 2. The maximum Gasteiger partial charge on any atom is 0.261 e. The van der Waals surface area contributed by atoms with Crippen LogP contribution in [0.4, 0.5) is 11.4 Å². The van der Waals surface area contributed by atoms with Crippen molar-refractivity contribution < 1.29 is 19.2 Å². The van der Waals surface area contributed by atoms with Crippen molar-refractivity contribution in [1.29, 1.82) is 0 Å². The minimum atomic E-state index is -0.334. The lowest BCUT2D eigenvalue weighted by Gasteiger charge is -2.28. The van der Waals surface area contributed by atoms with Crippen LogP contribution < -0.4 is 10.0 Å². The molecule has 4 aromatic carbocycles. The maximum atomic E-state index is 13.2. The van der Waals surface area contributed by atoms with Gasteiger partial charge in [-0.2, -0.15) is 0 Å². The Bertz CT molecular complexity index is 1830. The normalized spacial score (nSPS) is 13.8. The lowest BCUT2D eigenvalue weighted by Crippen LogP contribution is -2.41. The summed E-state index contributed by atoms with van der Waals surface area (Å²) in [5, 5.41) is 11.5. The van der Waals surface area contributed by atoms with E-state index in [1.165, 1.54) is 41.4 Å². The third kappa shape index (κ3) is 6.33. The molecular formula is C36H36N6O6S2. The van der Waals surface area contributed by atoms with Gasteiger partial charge >= 0.3 is 0 Å². The zero-order chi connectivity index (χ0) is 35.4. The molecule has 258 valence electrons. The highest BCUT2D eigenvalue weighted by Gasteiger charge is 2.35. The second-order valence-electron chi connectivity index (χ2n) is 12.0. The summed E-state index contributed by atoms with van der Waals surface area (Å²) >= 11 is 0. The van der Waals surface area contributed by atoms with Gasteiger partial charge in [0.25, 0.3) is 23.6 Å². The summed E-state index contributed by atoms with van der Waals surface area (Å²) in [5.41, 5.74) is 2.75. The molecule has 50 heavy (non-hydrogen) atoms. The molecule has 14 heteroatoms. The van der Waals surface area contributed by atoms with Crippen molar-refractivity contribution in [1.82, 2.24) is 9.80 Å². The fraction of sp³-hybridized carbons (Fsp3) is 0.333. The summed E-state index contributed by atoms with van der Waals surface area (Å²) in [4.78, 5) is 79.5. The molecule has 0 saturated heterocycles. The lowest BCUT2D eigenvalue weighted by molar-refractivity contribution is 0.0593. The van der Waals surface area contributed by atoms with Gasteiger partial charge in [-0.15, -0.1) is 9.81 Å². The molecule has 12 nitrogen and oxygen atoms in total. The van der Waals surface area contributed by atoms with Gasteiger partial charge in [0, 0.05) is 68.4 Å². The summed E-state index contributed by atoms with van der Waals surface area (Å²) < 4.78 is 0. The van der Waals surface area contributed by atoms with Gasteiger partial charge in [0.2, 0.25) is 0 Å². The van der Waals surface area contributed by atoms with Crippen molar-refractivity contribution in [3.05, 3.63) is 92.7 Å². The molecular weight excluding hydrogens is 677 g/mol. The second-order valence-corrected chi connectivity index (χ2v) is 14.7. The monoisotopic (exact) mass is 712 g/mol. The van der Waals surface area contributed by atoms with E-state index in [9.17, 15) is 29.0 Å². The Kier molecular flexibility index (Phi) is 10.8. The van der Waals surface area contributed by atoms with E-state index in [1.54, 1.807) is 60.7 Å². The van der Waals surface area contributed by atoms with E-state index in [2.05, 4.69) is 10.6 Å². The predicted molar refractivity (Wildman–Crippen MR) is 200 cm³/mol. The Morgan fingerprint density at radius 1 is 0.560 bits per heavy atom. The Hall–Kier alpha value is -4.82. The van der Waals surface area contributed by atoms with Crippen LogP contribution in [-0.2, 0) is 0 Å². The first-order valence-corrected chi connectivity index (χ1v) is 19.1. The SMILES string of the molecule is CCCCN1C(=O)c2cccc3c(N(CCSSCCN(N=O)c4ccc5c6c(cccc46)C(=O)N(CCCC)C5=O)N=O)ccc(c23)C1=O. The molecule has 2 heterocycles. The Labute approximate surface area is 296 Å². The average Bonchev–Trinajstić information content (AvgIpc) is 3.14. The van der Waals surface area contributed by atoms with Crippen molar-refractivity contribution in [3.63, 3.8) is 0 Å². The summed E-state index contributed by atoms with van der Waals surface area (Å²) in [6.45, 7) is 5.25. The number of carbonyl (C=O) groups is 4. The highest BCUT2D eigenvalue weighted by Crippen LogP contribution is 2.38. The van der Waals surface area contributed by atoms with E-state index in [-0.39, 0.29) is 36.7 Å². The molecule has 0 radical (unpaired) electrons. The third-order valence-corrected chi connectivity index (χ3v) is 11.4. The number of imide groups is 2. The minimum absolute atomic E-state index is 0.270. The van der Waals surface area contributed by atoms with E-state index in [0.717, 1.165) is 25.7 Å². The maximum absolute atomic E-state index is 13.2. The topological polar surface area (TPSA) is 140 Å². The molecule has 4 amide bonds. The molecule has 4 aromatic rings. The number of amides is 4. The van der Waals surface area contributed by atoms with Crippen LogP contribution in [0.15, 0.2) is 71.2 Å². The molecule has 0 fully saturated rings. The van der Waals surface area contributed by atoms with Crippen LogP contribution in [0.2, 0.25) is 0 Å². The zero-order valence-electron chi connectivity index (χ0n) is 27.8. The van der Waals surface area contributed by atoms with Crippen LogP contribution in [0.5, 0.6) is 0 Å². The molecule has 0 saturated carbocycles. The largest absolute Gasteiger partial charge is 0.274 e. The standard InChI is InChI=1S/C36H36N6O6S2/c1-3-5-17-39-33(43)25-11-7-9-23-29(15-13-27(31(23)25)35(39)45)41(37-47)19-21-49-50-22-20-42(38-48)30-16-14-28-32-24(30)10-8-12-26(32)34(44)40(36(28)46)18-6-4-2/h7-16H,3-6,17-22H2,1-2H3. The molecule has 2 aliphatic rings. The zero-order valence-corrected chi connectivity index (χ0v) is 29.4. The minimum Gasteiger partial charge on any atom is -0.274 e. The highest BCUT2D eigenvalue weighted by molar-refractivity contribution is 8.76. The van der Waals surface area contributed by atoms with Crippen molar-refractivity contribution in [2.75, 3.05) is 47.7 Å². The first-order valence-electron chi connectivity index (χ1n) is 16.7. The predicted octanol–water partition coefficient (Wildman–Crippen LogP) is 7.84. The lowest BCUT2D eigenvalue weighted by atomic mass is 9.92. The number of hydrogen-bond acceptors (Lipinski definition) is 10. The summed E-state index contributed by atoms with van der Waals surface area (Å²) in [6, 6.07) is 17.2. The van der Waals surface area contributed by atoms with Crippen molar-refractivity contribution in [2.24, 2.45) is 10.6 Å². The van der Waals surface area contributed by atoms with Crippen LogP contribution in [0.1, 0.15) is 81.0 Å². The Morgan fingerprint density at radius 3 is 1.30 bits per heavy atom. The van der Waals surface area contributed by atoms with E-state index >= 15 is 0 Å². The fourth-order valence-corrected chi connectivity index (χ4v) is 8.41. The molecule has 6 rings (SSSR count). The first kappa shape index (κ1) is 35.0. The summed E-state index contributed by atoms with van der Waals surface area (Å²) in [6.07, 6.45) is 3.14. The number of hydrogen-bond donors (Lipinski definition) is 0. The Morgan fingerprint density at radius 2 is 0.940 bits per heavy atom. The molecule has 0 unspecified atom stereocenters. The molecule has 0 aliphatic carbocycles. The van der Waals surface area contributed by atoms with E-state index in [1.807, 2.05) is 13.8 Å². The number of nitrogens with zero attached hydrogens (tertiary/aromatic N) is 6. The molecule has 0 bridgehead atoms. The summed E-state index contributed by atoms with van der Waals surface area (Å²) in [5.74, 6) is -0.318. The molecule has 2 aliphatic heterocycles. The van der Waals surface area contributed by atoms with Crippen LogP contribution in [0, 0.1) is 9.81 Å². The number of carbonyl (C=O) groups excluding carboxylic acids is 4. The van der Waals surface area contributed by atoms with Crippen molar-refractivity contribution >= 4 is 78.1 Å².